The minimum atomic E-state index is -0.559. The zero-order valence-corrected chi connectivity index (χ0v) is 11.3. The van der Waals surface area contributed by atoms with E-state index in [0.717, 1.165) is 15.6 Å². The van der Waals surface area contributed by atoms with Crippen molar-refractivity contribution in [2.24, 2.45) is 0 Å². The first kappa shape index (κ1) is 12.7. The highest BCUT2D eigenvalue weighted by atomic mass is 35.5. The molecule has 0 atom stereocenters. The van der Waals surface area contributed by atoms with Gasteiger partial charge in [0.1, 0.15) is 12.1 Å². The Morgan fingerprint density at radius 1 is 1.35 bits per heavy atom. The van der Waals surface area contributed by atoms with Crippen LogP contribution in [0.1, 0.15) is 0 Å². The number of fused-ring (bicyclic) bond motifs is 3. The van der Waals surface area contributed by atoms with Crippen molar-refractivity contribution in [3.05, 3.63) is 46.0 Å². The number of nitrogens with zero attached hydrogens (tertiary/aromatic N) is 3. The third kappa shape index (κ3) is 1.85. The summed E-state index contributed by atoms with van der Waals surface area (Å²) in [6.07, 6.45) is 0. The predicted octanol–water partition coefficient (Wildman–Crippen LogP) is 1.48. The van der Waals surface area contributed by atoms with Crippen molar-refractivity contribution in [2.45, 2.75) is 6.54 Å². The maximum absolute atomic E-state index is 12.3. The summed E-state index contributed by atoms with van der Waals surface area (Å²) in [5.74, 6) is -0.559. The number of ether oxygens (including phenoxy) is 1. The molecule has 7 heteroatoms. The second-order valence-electron chi connectivity index (χ2n) is 4.23. The summed E-state index contributed by atoms with van der Waals surface area (Å²) in [6, 6.07) is 9.17. The molecule has 0 aliphatic carbocycles. The van der Waals surface area contributed by atoms with Gasteiger partial charge in [-0.1, -0.05) is 18.2 Å². The maximum Gasteiger partial charge on any atom is 0.327 e. The molecule has 3 aromatic rings. The Bertz CT molecular complexity index is 882. The van der Waals surface area contributed by atoms with E-state index >= 15 is 0 Å². The number of aromatic nitrogens is 3. The van der Waals surface area contributed by atoms with E-state index in [0.29, 0.717) is 5.52 Å². The van der Waals surface area contributed by atoms with Crippen molar-refractivity contribution in [1.82, 2.24) is 14.2 Å². The predicted molar refractivity (Wildman–Crippen MR) is 74.0 cm³/mol. The molecule has 3 rings (SSSR count). The molecule has 6 nitrogen and oxygen atoms in total. The number of hydrogen-bond acceptors (Lipinski definition) is 4. The summed E-state index contributed by atoms with van der Waals surface area (Å²) in [7, 11) is 1.25. The molecular formula is C13H10ClN3O3. The second-order valence-corrected chi connectivity index (χ2v) is 4.57. The normalized spacial score (nSPS) is 11.1. The van der Waals surface area contributed by atoms with Crippen molar-refractivity contribution < 1.29 is 9.53 Å². The van der Waals surface area contributed by atoms with Crippen LogP contribution in [0.25, 0.3) is 16.4 Å². The molecule has 0 spiro atoms. The third-order valence-electron chi connectivity index (χ3n) is 3.06. The van der Waals surface area contributed by atoms with E-state index in [4.69, 9.17) is 11.6 Å². The number of carbonyl (C=O) groups is 1. The van der Waals surface area contributed by atoms with Gasteiger partial charge in [-0.3, -0.25) is 14.0 Å². The zero-order valence-electron chi connectivity index (χ0n) is 10.5. The number of halogens is 1. The largest absolute Gasteiger partial charge is 0.468 e. The number of para-hydroxylation sites is 1. The average Bonchev–Trinajstić information content (AvgIpc) is 2.84. The highest BCUT2D eigenvalue weighted by Crippen LogP contribution is 2.20. The maximum atomic E-state index is 12.3. The minimum Gasteiger partial charge on any atom is -0.468 e. The van der Waals surface area contributed by atoms with Crippen LogP contribution in [0, 0.1) is 0 Å². The lowest BCUT2D eigenvalue weighted by molar-refractivity contribution is -0.141. The van der Waals surface area contributed by atoms with Gasteiger partial charge in [0.2, 0.25) is 5.28 Å². The molecule has 102 valence electrons. The molecule has 20 heavy (non-hydrogen) atoms. The summed E-state index contributed by atoms with van der Waals surface area (Å²) >= 11 is 6.12. The highest BCUT2D eigenvalue weighted by molar-refractivity contribution is 6.29. The Labute approximate surface area is 118 Å². The number of esters is 1. The Balaban J connectivity index is 2.33. The molecule has 0 aliphatic heterocycles. The lowest BCUT2D eigenvalue weighted by atomic mass is 10.2. The molecule has 0 radical (unpaired) electrons. The van der Waals surface area contributed by atoms with Crippen molar-refractivity contribution in [3.63, 3.8) is 0 Å². The second kappa shape index (κ2) is 4.64. The molecule has 0 fully saturated rings. The lowest BCUT2D eigenvalue weighted by Crippen LogP contribution is -2.29. The number of hydrogen-bond donors (Lipinski definition) is 0. The molecule has 1 aromatic carbocycles. The molecule has 0 aliphatic rings. The van der Waals surface area contributed by atoms with Gasteiger partial charge in [-0.2, -0.15) is 0 Å². The Morgan fingerprint density at radius 2 is 2.10 bits per heavy atom. The lowest BCUT2D eigenvalue weighted by Gasteiger charge is -2.06. The van der Waals surface area contributed by atoms with Gasteiger partial charge in [0.05, 0.1) is 12.6 Å². The summed E-state index contributed by atoms with van der Waals surface area (Å²) in [5.41, 5.74) is 0.772. The van der Waals surface area contributed by atoms with Gasteiger partial charge in [-0.15, -0.1) is 5.10 Å². The number of rotatable bonds is 2. The van der Waals surface area contributed by atoms with E-state index in [1.165, 1.54) is 7.11 Å². The molecule has 0 saturated heterocycles. The van der Waals surface area contributed by atoms with Gasteiger partial charge in [-0.25, -0.2) is 4.68 Å². The van der Waals surface area contributed by atoms with Crippen LogP contribution in [0.4, 0.5) is 0 Å². The summed E-state index contributed by atoms with van der Waals surface area (Å²) in [6.45, 7) is -0.271. The molecule has 2 aromatic heterocycles. The van der Waals surface area contributed by atoms with Crippen LogP contribution in [0.3, 0.4) is 0 Å². The molecule has 0 saturated carbocycles. The zero-order chi connectivity index (χ0) is 14.3. The smallest absolute Gasteiger partial charge is 0.327 e. The first-order chi connectivity index (χ1) is 9.61. The van der Waals surface area contributed by atoms with E-state index < -0.39 is 11.5 Å². The van der Waals surface area contributed by atoms with E-state index in [1.807, 2.05) is 24.3 Å². The topological polar surface area (TPSA) is 65.6 Å². The van der Waals surface area contributed by atoms with Crippen molar-refractivity contribution in [2.75, 3.05) is 7.11 Å². The number of benzene rings is 1. The SMILES string of the molecule is COC(=O)Cn1nc(Cl)n2c(cc3ccccc32)c1=O. The Hall–Kier alpha value is -2.34. The van der Waals surface area contributed by atoms with E-state index in [-0.39, 0.29) is 11.8 Å². The van der Waals surface area contributed by atoms with Gasteiger partial charge in [0.15, 0.2) is 0 Å². The molecule has 0 amide bonds. The van der Waals surface area contributed by atoms with Crippen LogP contribution in [0.2, 0.25) is 5.28 Å². The van der Waals surface area contributed by atoms with Crippen molar-refractivity contribution >= 4 is 34.0 Å². The standard InChI is InChI=1S/C13H10ClN3O3/c1-20-11(18)7-16-12(19)10-6-8-4-2-3-5-9(8)17(10)13(14)15-16/h2-6H,7H2,1H3. The van der Waals surface area contributed by atoms with Crippen molar-refractivity contribution in [3.8, 4) is 0 Å². The number of carbonyl (C=O) groups excluding carboxylic acids is 1. The van der Waals surface area contributed by atoms with Crippen LogP contribution in [-0.2, 0) is 16.1 Å². The fraction of sp³-hybridized carbons (Fsp3) is 0.154. The molecule has 2 heterocycles. The molecular weight excluding hydrogens is 282 g/mol. The first-order valence-electron chi connectivity index (χ1n) is 5.85. The monoisotopic (exact) mass is 291 g/mol. The summed E-state index contributed by atoms with van der Waals surface area (Å²) < 4.78 is 7.10. The Kier molecular flexibility index (Phi) is 2.94. The van der Waals surface area contributed by atoms with Crippen LogP contribution < -0.4 is 5.56 Å². The van der Waals surface area contributed by atoms with Crippen molar-refractivity contribution in [1.29, 1.82) is 0 Å². The average molecular weight is 292 g/mol. The number of methoxy groups -OCH3 is 1. The van der Waals surface area contributed by atoms with Gasteiger partial charge in [0, 0.05) is 5.39 Å². The van der Waals surface area contributed by atoms with Gasteiger partial charge in [-0.05, 0) is 23.7 Å². The van der Waals surface area contributed by atoms with Crippen LogP contribution in [0.15, 0.2) is 35.1 Å². The molecule has 0 bridgehead atoms. The quantitative estimate of drug-likeness (QED) is 0.671. The fourth-order valence-electron chi connectivity index (χ4n) is 2.13. The molecule has 0 N–H and O–H groups in total. The highest BCUT2D eigenvalue weighted by Gasteiger charge is 2.14. The van der Waals surface area contributed by atoms with E-state index in [1.54, 1.807) is 10.5 Å². The third-order valence-corrected chi connectivity index (χ3v) is 3.30. The summed E-state index contributed by atoms with van der Waals surface area (Å²) in [4.78, 5) is 23.6. The van der Waals surface area contributed by atoms with Gasteiger partial charge >= 0.3 is 5.97 Å². The van der Waals surface area contributed by atoms with Crippen LogP contribution in [-0.4, -0.2) is 27.3 Å². The molecule has 0 unspecified atom stereocenters. The van der Waals surface area contributed by atoms with E-state index in [2.05, 4.69) is 9.84 Å². The fourth-order valence-corrected chi connectivity index (χ4v) is 2.40. The van der Waals surface area contributed by atoms with Crippen LogP contribution in [0.5, 0.6) is 0 Å². The van der Waals surface area contributed by atoms with Gasteiger partial charge < -0.3 is 4.74 Å². The minimum absolute atomic E-state index is 0.115. The summed E-state index contributed by atoms with van der Waals surface area (Å²) in [5, 5.41) is 4.94. The first-order valence-corrected chi connectivity index (χ1v) is 6.23. The van der Waals surface area contributed by atoms with Gasteiger partial charge in [0.25, 0.3) is 5.56 Å². The van der Waals surface area contributed by atoms with E-state index in [9.17, 15) is 9.59 Å². The Morgan fingerprint density at radius 3 is 2.85 bits per heavy atom. The van der Waals surface area contributed by atoms with Crippen LogP contribution >= 0.6 is 11.6 Å².